The highest BCUT2D eigenvalue weighted by Gasteiger charge is 2.48. The van der Waals surface area contributed by atoms with E-state index in [-0.39, 0.29) is 24.0 Å². The molecular formula is C28H35N3O3S. The van der Waals surface area contributed by atoms with Gasteiger partial charge in [0.25, 0.3) is 5.91 Å². The minimum absolute atomic E-state index is 0.0629. The van der Waals surface area contributed by atoms with Gasteiger partial charge in [-0.3, -0.25) is 9.59 Å². The lowest BCUT2D eigenvalue weighted by Gasteiger charge is -2.45. The largest absolute Gasteiger partial charge is 0.491 e. The van der Waals surface area contributed by atoms with Gasteiger partial charge in [-0.05, 0) is 74.7 Å². The van der Waals surface area contributed by atoms with Gasteiger partial charge in [-0.2, -0.15) is 0 Å². The standard InChI is InChI=1S/C28H35N3O3S/c1-18(2)34-21-11-9-20(10-12-21)16-31-26(32)24-15-25-23(13-14-35-25)30(24)17-28(31,4)27(33)29-22-8-6-5-7-19(22)3/h9-15,18-19,22H,5-8,16-17H2,1-4H3,(H,29,33). The van der Waals surface area contributed by atoms with E-state index in [4.69, 9.17) is 4.74 Å². The molecule has 5 rings (SSSR count). The monoisotopic (exact) mass is 493 g/mol. The molecule has 2 aromatic heterocycles. The summed E-state index contributed by atoms with van der Waals surface area (Å²) in [6.45, 7) is 8.94. The van der Waals surface area contributed by atoms with Gasteiger partial charge in [0.2, 0.25) is 5.91 Å². The Morgan fingerprint density at radius 2 is 1.94 bits per heavy atom. The maximum atomic E-state index is 13.9. The number of nitrogens with one attached hydrogen (secondary N) is 1. The SMILES string of the molecule is CC(C)Oc1ccc(CN2C(=O)c3cc4sccc4n3CC2(C)C(=O)NC2CCCCC2C)cc1. The van der Waals surface area contributed by atoms with Gasteiger partial charge in [-0.1, -0.05) is 31.9 Å². The number of aromatic nitrogens is 1. The lowest BCUT2D eigenvalue weighted by molar-refractivity contribution is -0.134. The quantitative estimate of drug-likeness (QED) is 0.486. The molecule has 6 nitrogen and oxygen atoms in total. The third kappa shape index (κ3) is 4.46. The molecule has 0 bridgehead atoms. The van der Waals surface area contributed by atoms with Gasteiger partial charge in [0.05, 0.1) is 22.9 Å². The molecule has 1 aromatic carbocycles. The van der Waals surface area contributed by atoms with Gasteiger partial charge in [0, 0.05) is 12.6 Å². The van der Waals surface area contributed by atoms with Crippen LogP contribution in [0.3, 0.4) is 0 Å². The van der Waals surface area contributed by atoms with Crippen molar-refractivity contribution in [2.75, 3.05) is 0 Å². The molecule has 7 heteroatoms. The van der Waals surface area contributed by atoms with E-state index >= 15 is 0 Å². The van der Waals surface area contributed by atoms with Crippen LogP contribution in [0.25, 0.3) is 10.2 Å². The third-order valence-electron chi connectivity index (χ3n) is 7.60. The van der Waals surface area contributed by atoms with Crippen molar-refractivity contribution in [3.63, 3.8) is 0 Å². The van der Waals surface area contributed by atoms with E-state index in [0.717, 1.165) is 40.8 Å². The van der Waals surface area contributed by atoms with Crippen LogP contribution < -0.4 is 10.1 Å². The minimum atomic E-state index is -0.998. The average Bonchev–Trinajstić information content (AvgIpc) is 3.41. The van der Waals surface area contributed by atoms with Crippen LogP contribution in [0.15, 0.2) is 41.8 Å². The zero-order valence-electron chi connectivity index (χ0n) is 21.0. The molecule has 1 saturated carbocycles. The molecule has 35 heavy (non-hydrogen) atoms. The maximum absolute atomic E-state index is 13.9. The van der Waals surface area contributed by atoms with Crippen molar-refractivity contribution in [2.24, 2.45) is 5.92 Å². The number of carbonyl (C=O) groups is 2. The van der Waals surface area contributed by atoms with Crippen molar-refractivity contribution in [2.45, 2.75) is 84.2 Å². The zero-order valence-corrected chi connectivity index (χ0v) is 21.9. The first-order valence-corrected chi connectivity index (χ1v) is 13.6. The molecule has 3 atom stereocenters. The first-order valence-electron chi connectivity index (χ1n) is 12.7. The summed E-state index contributed by atoms with van der Waals surface area (Å²) in [7, 11) is 0. The maximum Gasteiger partial charge on any atom is 0.271 e. The fourth-order valence-corrected chi connectivity index (χ4v) is 6.33. The fraction of sp³-hybridized carbons (Fsp3) is 0.500. The molecular weight excluding hydrogens is 458 g/mol. The van der Waals surface area contributed by atoms with Gasteiger partial charge in [0.15, 0.2) is 0 Å². The normalized spacial score (nSPS) is 24.6. The second-order valence-corrected chi connectivity index (χ2v) is 11.6. The van der Waals surface area contributed by atoms with Crippen LogP contribution in [0.4, 0.5) is 0 Å². The topological polar surface area (TPSA) is 63.6 Å². The second-order valence-electron chi connectivity index (χ2n) is 10.6. The van der Waals surface area contributed by atoms with Crippen LogP contribution >= 0.6 is 11.3 Å². The summed E-state index contributed by atoms with van der Waals surface area (Å²) in [5, 5.41) is 5.39. The van der Waals surface area contributed by atoms with E-state index in [0.29, 0.717) is 24.7 Å². The summed E-state index contributed by atoms with van der Waals surface area (Å²) in [5.74, 6) is 1.08. The molecule has 3 aromatic rings. The number of hydrogen-bond donors (Lipinski definition) is 1. The average molecular weight is 494 g/mol. The molecule has 1 aliphatic heterocycles. The molecule has 0 saturated heterocycles. The van der Waals surface area contributed by atoms with E-state index in [9.17, 15) is 9.59 Å². The lowest BCUT2D eigenvalue weighted by atomic mass is 9.85. The van der Waals surface area contributed by atoms with Crippen molar-refractivity contribution < 1.29 is 14.3 Å². The summed E-state index contributed by atoms with van der Waals surface area (Å²) in [4.78, 5) is 29.6. The van der Waals surface area contributed by atoms with E-state index < -0.39 is 5.54 Å². The highest BCUT2D eigenvalue weighted by Crippen LogP contribution is 2.36. The Morgan fingerprint density at radius 3 is 2.66 bits per heavy atom. The van der Waals surface area contributed by atoms with Crippen molar-refractivity contribution >= 4 is 33.4 Å². The summed E-state index contributed by atoms with van der Waals surface area (Å²) in [6, 6.07) is 12.0. The van der Waals surface area contributed by atoms with E-state index in [1.54, 1.807) is 16.2 Å². The summed E-state index contributed by atoms with van der Waals surface area (Å²) >= 11 is 1.63. The molecule has 2 aliphatic rings. The Kier molecular flexibility index (Phi) is 6.38. The van der Waals surface area contributed by atoms with Crippen LogP contribution in [0.5, 0.6) is 5.75 Å². The van der Waals surface area contributed by atoms with Crippen molar-refractivity contribution in [3.8, 4) is 5.75 Å². The third-order valence-corrected chi connectivity index (χ3v) is 8.45. The molecule has 2 amide bonds. The Balaban J connectivity index is 1.48. The van der Waals surface area contributed by atoms with Crippen LogP contribution in [0.2, 0.25) is 0 Å². The van der Waals surface area contributed by atoms with Crippen molar-refractivity contribution in [1.29, 1.82) is 0 Å². The predicted octanol–water partition coefficient (Wildman–Crippen LogP) is 5.60. The van der Waals surface area contributed by atoms with Gasteiger partial charge in [0.1, 0.15) is 17.0 Å². The van der Waals surface area contributed by atoms with Crippen molar-refractivity contribution in [3.05, 3.63) is 53.0 Å². The smallest absolute Gasteiger partial charge is 0.271 e. The Bertz CT molecular complexity index is 1230. The molecule has 1 aliphatic carbocycles. The minimum Gasteiger partial charge on any atom is -0.491 e. The van der Waals surface area contributed by atoms with Crippen LogP contribution in [-0.2, 0) is 17.9 Å². The predicted molar refractivity (Wildman–Crippen MR) is 140 cm³/mol. The van der Waals surface area contributed by atoms with Gasteiger partial charge >= 0.3 is 0 Å². The van der Waals surface area contributed by atoms with Crippen LogP contribution in [-0.4, -0.2) is 39.0 Å². The molecule has 1 fully saturated rings. The first-order chi connectivity index (χ1) is 16.8. The molecule has 0 radical (unpaired) electrons. The Hall–Kier alpha value is -2.80. The number of rotatable bonds is 6. The number of amides is 2. The fourth-order valence-electron chi connectivity index (χ4n) is 5.50. The molecule has 3 heterocycles. The number of nitrogens with zero attached hydrogens (tertiary/aromatic N) is 2. The van der Waals surface area contributed by atoms with Crippen LogP contribution in [0.1, 0.15) is 69.4 Å². The summed E-state index contributed by atoms with van der Waals surface area (Å²) < 4.78 is 8.89. The molecule has 0 spiro atoms. The van der Waals surface area contributed by atoms with E-state index in [1.807, 2.05) is 67.1 Å². The first kappa shape index (κ1) is 23.9. The Labute approximate surface area is 211 Å². The number of ether oxygens (including phenoxy) is 1. The van der Waals surface area contributed by atoms with Crippen LogP contribution in [0, 0.1) is 5.92 Å². The number of fused-ring (bicyclic) bond motifs is 3. The number of thiophene rings is 1. The summed E-state index contributed by atoms with van der Waals surface area (Å²) in [5.41, 5.74) is 1.66. The highest BCUT2D eigenvalue weighted by molar-refractivity contribution is 7.17. The highest BCUT2D eigenvalue weighted by atomic mass is 32.1. The van der Waals surface area contributed by atoms with E-state index in [2.05, 4.69) is 12.2 Å². The van der Waals surface area contributed by atoms with Crippen molar-refractivity contribution in [1.82, 2.24) is 14.8 Å². The zero-order chi connectivity index (χ0) is 24.7. The van der Waals surface area contributed by atoms with Gasteiger partial charge in [-0.25, -0.2) is 0 Å². The van der Waals surface area contributed by atoms with Gasteiger partial charge < -0.3 is 19.5 Å². The van der Waals surface area contributed by atoms with Gasteiger partial charge in [-0.15, -0.1) is 11.3 Å². The molecule has 186 valence electrons. The number of benzene rings is 1. The summed E-state index contributed by atoms with van der Waals surface area (Å²) in [6.07, 6.45) is 4.58. The van der Waals surface area contributed by atoms with E-state index in [1.165, 1.54) is 6.42 Å². The lowest BCUT2D eigenvalue weighted by Crippen LogP contribution is -2.65. The number of hydrogen-bond acceptors (Lipinski definition) is 4. The molecule has 1 N–H and O–H groups in total. The Morgan fingerprint density at radius 1 is 1.20 bits per heavy atom. The number of carbonyl (C=O) groups excluding carboxylic acids is 2. The second kappa shape index (κ2) is 9.34. The molecule has 3 unspecified atom stereocenters.